The van der Waals surface area contributed by atoms with Crippen molar-refractivity contribution in [2.45, 2.75) is 12.8 Å². The molecule has 1 aliphatic rings. The lowest BCUT2D eigenvalue weighted by atomic mass is 10.0. The number of nitrogens with zero attached hydrogens (tertiary/aromatic N) is 4. The normalized spacial score (nSPS) is 13.0. The number of para-hydroxylation sites is 1. The first kappa shape index (κ1) is 17.0. The van der Waals surface area contributed by atoms with Crippen molar-refractivity contribution in [2.75, 3.05) is 23.9 Å². The van der Waals surface area contributed by atoms with E-state index >= 15 is 0 Å². The fourth-order valence-corrected chi connectivity index (χ4v) is 3.19. The van der Waals surface area contributed by atoms with E-state index in [2.05, 4.69) is 43.6 Å². The first-order chi connectivity index (χ1) is 13.2. The fourth-order valence-electron chi connectivity index (χ4n) is 3.19. The molecule has 7 heteroatoms. The van der Waals surface area contributed by atoms with Crippen molar-refractivity contribution in [1.82, 2.24) is 15.2 Å². The molecule has 0 saturated heterocycles. The highest BCUT2D eigenvalue weighted by molar-refractivity contribution is 5.89. The Balaban J connectivity index is 1.56. The number of fused-ring (bicyclic) bond motifs is 1. The molecule has 0 fully saturated rings. The number of benzene rings is 2. The zero-order valence-electron chi connectivity index (χ0n) is 14.9. The maximum absolute atomic E-state index is 11.5. The molecule has 0 saturated carbocycles. The SMILES string of the molecule is COC(=O)c1ccc(Nc2nncc(N3CCCc4ccccc43)n2)cc1. The number of hydrogen-bond acceptors (Lipinski definition) is 7. The van der Waals surface area contributed by atoms with Crippen LogP contribution in [-0.4, -0.2) is 34.8 Å². The van der Waals surface area contributed by atoms with E-state index < -0.39 is 0 Å². The van der Waals surface area contributed by atoms with Crippen LogP contribution in [0.1, 0.15) is 22.3 Å². The molecule has 0 spiro atoms. The van der Waals surface area contributed by atoms with Crippen molar-refractivity contribution >= 4 is 29.1 Å². The number of nitrogens with one attached hydrogen (secondary N) is 1. The standard InChI is InChI=1S/C20H19N5O2/c1-27-19(26)15-8-10-16(11-9-15)22-20-23-18(13-21-24-20)25-12-4-6-14-5-2-3-7-17(14)25/h2-3,5,7-11,13H,4,6,12H2,1H3,(H,22,23,24). The van der Waals surface area contributed by atoms with Gasteiger partial charge in [0.05, 0.1) is 18.9 Å². The number of ether oxygens (including phenoxy) is 1. The molecule has 27 heavy (non-hydrogen) atoms. The molecular formula is C20H19N5O2. The Labute approximate surface area is 157 Å². The molecule has 2 aromatic carbocycles. The van der Waals surface area contributed by atoms with E-state index in [1.54, 1.807) is 30.5 Å². The molecule has 7 nitrogen and oxygen atoms in total. The maximum atomic E-state index is 11.5. The zero-order valence-corrected chi connectivity index (χ0v) is 14.9. The van der Waals surface area contributed by atoms with Gasteiger partial charge in [0.2, 0.25) is 5.95 Å². The summed E-state index contributed by atoms with van der Waals surface area (Å²) < 4.78 is 4.71. The summed E-state index contributed by atoms with van der Waals surface area (Å²) >= 11 is 0. The van der Waals surface area contributed by atoms with Crippen LogP contribution in [0.3, 0.4) is 0 Å². The largest absolute Gasteiger partial charge is 0.465 e. The minimum atomic E-state index is -0.370. The van der Waals surface area contributed by atoms with Crippen LogP contribution in [0.25, 0.3) is 0 Å². The average molecular weight is 361 g/mol. The van der Waals surface area contributed by atoms with Gasteiger partial charge < -0.3 is 15.0 Å². The minimum absolute atomic E-state index is 0.370. The first-order valence-corrected chi connectivity index (χ1v) is 8.75. The van der Waals surface area contributed by atoms with Crippen LogP contribution in [0.4, 0.5) is 23.1 Å². The van der Waals surface area contributed by atoms with Gasteiger partial charge in [-0.05, 0) is 48.7 Å². The lowest BCUT2D eigenvalue weighted by Crippen LogP contribution is -2.25. The lowest BCUT2D eigenvalue weighted by Gasteiger charge is -2.30. The van der Waals surface area contributed by atoms with E-state index in [1.165, 1.54) is 12.7 Å². The van der Waals surface area contributed by atoms with Crippen LogP contribution in [0.5, 0.6) is 0 Å². The maximum Gasteiger partial charge on any atom is 0.337 e. The first-order valence-electron chi connectivity index (χ1n) is 8.75. The summed E-state index contributed by atoms with van der Waals surface area (Å²) in [6.07, 6.45) is 3.81. The third-order valence-corrected chi connectivity index (χ3v) is 4.50. The Kier molecular flexibility index (Phi) is 4.65. The van der Waals surface area contributed by atoms with Gasteiger partial charge in [-0.2, -0.15) is 10.1 Å². The predicted molar refractivity (Wildman–Crippen MR) is 103 cm³/mol. The number of hydrogen-bond donors (Lipinski definition) is 1. The number of rotatable bonds is 4. The molecule has 0 atom stereocenters. The summed E-state index contributed by atoms with van der Waals surface area (Å²) in [6, 6.07) is 15.3. The Bertz CT molecular complexity index is 959. The molecule has 0 unspecified atom stereocenters. The number of anilines is 4. The van der Waals surface area contributed by atoms with Crippen molar-refractivity contribution in [3.05, 3.63) is 65.9 Å². The third-order valence-electron chi connectivity index (χ3n) is 4.50. The summed E-state index contributed by atoms with van der Waals surface area (Å²) in [7, 11) is 1.36. The van der Waals surface area contributed by atoms with Gasteiger partial charge in [0, 0.05) is 17.9 Å². The van der Waals surface area contributed by atoms with Crippen molar-refractivity contribution < 1.29 is 9.53 Å². The van der Waals surface area contributed by atoms with E-state index in [4.69, 9.17) is 4.74 Å². The Morgan fingerprint density at radius 2 is 1.96 bits per heavy atom. The number of methoxy groups -OCH3 is 1. The molecule has 0 amide bonds. The molecule has 1 aliphatic heterocycles. The second-order valence-corrected chi connectivity index (χ2v) is 6.22. The van der Waals surface area contributed by atoms with Gasteiger partial charge in [0.15, 0.2) is 5.82 Å². The number of carbonyl (C=O) groups excluding carboxylic acids is 1. The Hall–Kier alpha value is -3.48. The molecule has 0 bridgehead atoms. The van der Waals surface area contributed by atoms with E-state index in [1.807, 2.05) is 6.07 Å². The summed E-state index contributed by atoms with van der Waals surface area (Å²) in [5, 5.41) is 11.3. The van der Waals surface area contributed by atoms with Crippen molar-refractivity contribution in [3.63, 3.8) is 0 Å². The number of esters is 1. The van der Waals surface area contributed by atoms with Gasteiger partial charge in [0.1, 0.15) is 0 Å². The minimum Gasteiger partial charge on any atom is -0.465 e. The topological polar surface area (TPSA) is 80.2 Å². The van der Waals surface area contributed by atoms with Crippen LogP contribution in [0.15, 0.2) is 54.7 Å². The van der Waals surface area contributed by atoms with Gasteiger partial charge in [-0.25, -0.2) is 4.79 Å². The lowest BCUT2D eigenvalue weighted by molar-refractivity contribution is 0.0601. The summed E-state index contributed by atoms with van der Waals surface area (Å²) in [5.74, 6) is 0.789. The fraction of sp³-hybridized carbons (Fsp3) is 0.200. The molecule has 1 aromatic heterocycles. The van der Waals surface area contributed by atoms with Gasteiger partial charge >= 0.3 is 5.97 Å². The molecule has 1 N–H and O–H groups in total. The molecule has 3 aromatic rings. The molecule has 2 heterocycles. The van der Waals surface area contributed by atoms with Gasteiger partial charge in [0.25, 0.3) is 0 Å². The summed E-state index contributed by atoms with van der Waals surface area (Å²) in [6.45, 7) is 0.892. The summed E-state index contributed by atoms with van der Waals surface area (Å²) in [4.78, 5) is 18.3. The molecule has 0 aliphatic carbocycles. The van der Waals surface area contributed by atoms with Crippen LogP contribution < -0.4 is 10.2 Å². The number of aromatic nitrogens is 3. The highest BCUT2D eigenvalue weighted by Gasteiger charge is 2.19. The van der Waals surface area contributed by atoms with E-state index in [0.717, 1.165) is 36.6 Å². The molecule has 0 radical (unpaired) electrons. The molecular weight excluding hydrogens is 342 g/mol. The van der Waals surface area contributed by atoms with Gasteiger partial charge in [-0.3, -0.25) is 0 Å². The third kappa shape index (κ3) is 3.57. The number of carbonyl (C=O) groups is 1. The Morgan fingerprint density at radius 1 is 1.15 bits per heavy atom. The van der Waals surface area contributed by atoms with Crippen LogP contribution in [0, 0.1) is 0 Å². The van der Waals surface area contributed by atoms with Crippen LogP contribution >= 0.6 is 0 Å². The van der Waals surface area contributed by atoms with Gasteiger partial charge in [-0.1, -0.05) is 18.2 Å². The predicted octanol–water partition coefficient (Wildman–Crippen LogP) is 3.49. The molecule has 136 valence electrons. The van der Waals surface area contributed by atoms with E-state index in [0.29, 0.717) is 11.5 Å². The monoisotopic (exact) mass is 361 g/mol. The van der Waals surface area contributed by atoms with Crippen molar-refractivity contribution in [2.24, 2.45) is 0 Å². The van der Waals surface area contributed by atoms with Crippen molar-refractivity contribution in [1.29, 1.82) is 0 Å². The highest BCUT2D eigenvalue weighted by atomic mass is 16.5. The smallest absolute Gasteiger partial charge is 0.337 e. The second kappa shape index (κ2) is 7.41. The van der Waals surface area contributed by atoms with E-state index in [-0.39, 0.29) is 5.97 Å². The zero-order chi connectivity index (χ0) is 18.6. The van der Waals surface area contributed by atoms with Crippen LogP contribution in [-0.2, 0) is 11.2 Å². The second-order valence-electron chi connectivity index (χ2n) is 6.22. The van der Waals surface area contributed by atoms with E-state index in [9.17, 15) is 4.79 Å². The highest BCUT2D eigenvalue weighted by Crippen LogP contribution is 2.32. The average Bonchev–Trinajstić information content (AvgIpc) is 2.73. The Morgan fingerprint density at radius 3 is 2.78 bits per heavy atom. The quantitative estimate of drug-likeness (QED) is 0.713. The molecule has 4 rings (SSSR count). The van der Waals surface area contributed by atoms with Gasteiger partial charge in [-0.15, -0.1) is 5.10 Å². The van der Waals surface area contributed by atoms with Crippen molar-refractivity contribution in [3.8, 4) is 0 Å². The van der Waals surface area contributed by atoms with Crippen LogP contribution in [0.2, 0.25) is 0 Å². The summed E-state index contributed by atoms with van der Waals surface area (Å²) in [5.41, 5.74) is 3.73. The number of aryl methyl sites for hydroxylation is 1.